The maximum Gasteiger partial charge on any atom is 0.202 e. The molecule has 0 amide bonds. The fourth-order valence-electron chi connectivity index (χ4n) is 1.36. The quantitative estimate of drug-likeness (QED) is 0.715. The van der Waals surface area contributed by atoms with Crippen LogP contribution < -0.4 is 0 Å². The Hall–Kier alpha value is -1.41. The highest BCUT2D eigenvalue weighted by atomic mass is 32.1. The topological polar surface area (TPSA) is 17.1 Å². The Bertz CT molecular complexity index is 456. The summed E-state index contributed by atoms with van der Waals surface area (Å²) in [7, 11) is 0. The van der Waals surface area contributed by atoms with Crippen molar-refractivity contribution < 1.29 is 4.79 Å². The maximum atomic E-state index is 12.0. The van der Waals surface area contributed by atoms with Gasteiger partial charge in [0.15, 0.2) is 0 Å². The van der Waals surface area contributed by atoms with Crippen molar-refractivity contribution in [1.29, 1.82) is 0 Å². The minimum atomic E-state index is 0.105. The third-order valence-corrected chi connectivity index (χ3v) is 3.32. The van der Waals surface area contributed by atoms with Gasteiger partial charge in [-0.15, -0.1) is 11.3 Å². The van der Waals surface area contributed by atoms with E-state index < -0.39 is 0 Å². The number of carbonyl (C=O) groups is 1. The molecule has 1 heterocycles. The summed E-state index contributed by atoms with van der Waals surface area (Å²) < 4.78 is 0. The smallest absolute Gasteiger partial charge is 0.202 e. The van der Waals surface area contributed by atoms with Gasteiger partial charge in [-0.1, -0.05) is 37.3 Å². The minimum Gasteiger partial charge on any atom is -0.288 e. The molecule has 0 fully saturated rings. The van der Waals surface area contributed by atoms with Crippen molar-refractivity contribution in [2.45, 2.75) is 6.92 Å². The van der Waals surface area contributed by atoms with E-state index in [1.54, 1.807) is 0 Å². The van der Waals surface area contributed by atoms with Gasteiger partial charge >= 0.3 is 0 Å². The molecule has 1 nitrogen and oxygen atoms in total. The number of carbonyl (C=O) groups excluding carboxylic acids is 1. The molecule has 0 aliphatic rings. The van der Waals surface area contributed by atoms with E-state index >= 15 is 0 Å². The van der Waals surface area contributed by atoms with Crippen LogP contribution in [0.25, 0.3) is 0 Å². The van der Waals surface area contributed by atoms with Crippen molar-refractivity contribution in [2.24, 2.45) is 0 Å². The van der Waals surface area contributed by atoms with Gasteiger partial charge in [-0.3, -0.25) is 4.79 Å². The standard InChI is InChI=1S/C13H11OS/c1-2-11-8-9-12(15-11)13(14)10-6-4-3-5-7-10/h2-9H,1H3. The van der Waals surface area contributed by atoms with Crippen molar-refractivity contribution in [2.75, 3.05) is 0 Å². The molecule has 0 aliphatic heterocycles. The van der Waals surface area contributed by atoms with Gasteiger partial charge < -0.3 is 0 Å². The first-order valence-corrected chi connectivity index (χ1v) is 5.62. The van der Waals surface area contributed by atoms with Crippen molar-refractivity contribution in [1.82, 2.24) is 0 Å². The predicted molar refractivity (Wildman–Crippen MR) is 63.3 cm³/mol. The number of hydrogen-bond acceptors (Lipinski definition) is 2. The second-order valence-electron chi connectivity index (χ2n) is 3.19. The zero-order chi connectivity index (χ0) is 10.7. The summed E-state index contributed by atoms with van der Waals surface area (Å²) in [6.45, 7) is 1.97. The van der Waals surface area contributed by atoms with E-state index in [1.807, 2.05) is 55.8 Å². The summed E-state index contributed by atoms with van der Waals surface area (Å²) in [5.74, 6) is 0.105. The van der Waals surface area contributed by atoms with Crippen LogP contribution in [0.15, 0.2) is 42.5 Å². The molecule has 0 saturated carbocycles. The monoisotopic (exact) mass is 215 g/mol. The number of thiophene rings is 1. The van der Waals surface area contributed by atoms with Gasteiger partial charge in [0, 0.05) is 10.4 Å². The first-order chi connectivity index (χ1) is 7.31. The largest absolute Gasteiger partial charge is 0.288 e. The van der Waals surface area contributed by atoms with Gasteiger partial charge in [-0.2, -0.15) is 0 Å². The molecule has 2 rings (SSSR count). The SMILES string of the molecule is C[CH]c1ccc(C(=O)c2ccccc2)s1. The molecule has 2 aromatic rings. The first-order valence-electron chi connectivity index (χ1n) is 4.80. The zero-order valence-corrected chi connectivity index (χ0v) is 9.25. The summed E-state index contributed by atoms with van der Waals surface area (Å²) >= 11 is 1.53. The lowest BCUT2D eigenvalue weighted by Gasteiger charge is -1.96. The molecule has 0 atom stereocenters. The maximum absolute atomic E-state index is 12.0. The van der Waals surface area contributed by atoms with Crippen LogP contribution in [0.5, 0.6) is 0 Å². The lowest BCUT2D eigenvalue weighted by molar-refractivity contribution is 0.104. The lowest BCUT2D eigenvalue weighted by Crippen LogP contribution is -1.97. The van der Waals surface area contributed by atoms with Crippen LogP contribution in [-0.4, -0.2) is 5.78 Å². The van der Waals surface area contributed by atoms with Gasteiger partial charge in [0.2, 0.25) is 5.78 Å². The molecule has 1 radical (unpaired) electrons. The van der Waals surface area contributed by atoms with Gasteiger partial charge in [0.1, 0.15) is 0 Å². The second-order valence-corrected chi connectivity index (χ2v) is 4.30. The Labute approximate surface area is 93.4 Å². The van der Waals surface area contributed by atoms with Crippen LogP contribution in [-0.2, 0) is 0 Å². The Morgan fingerprint density at radius 3 is 2.47 bits per heavy atom. The number of hydrogen-bond donors (Lipinski definition) is 0. The number of rotatable bonds is 3. The molecule has 15 heavy (non-hydrogen) atoms. The van der Waals surface area contributed by atoms with Crippen LogP contribution in [0.3, 0.4) is 0 Å². The molecule has 0 bridgehead atoms. The van der Waals surface area contributed by atoms with Gasteiger partial charge in [-0.05, 0) is 18.6 Å². The molecule has 75 valence electrons. The molecule has 0 aliphatic carbocycles. The van der Waals surface area contributed by atoms with Crippen molar-refractivity contribution in [3.63, 3.8) is 0 Å². The van der Waals surface area contributed by atoms with Gasteiger partial charge in [-0.25, -0.2) is 0 Å². The summed E-state index contributed by atoms with van der Waals surface area (Å²) in [5, 5.41) is 0. The second kappa shape index (κ2) is 4.41. The molecule has 1 aromatic carbocycles. The van der Waals surface area contributed by atoms with Crippen LogP contribution in [0, 0.1) is 6.42 Å². The number of ketones is 1. The fourth-order valence-corrected chi connectivity index (χ4v) is 2.22. The summed E-state index contributed by atoms with van der Waals surface area (Å²) in [6.07, 6.45) is 2.01. The van der Waals surface area contributed by atoms with Crippen molar-refractivity contribution in [3.8, 4) is 0 Å². The highest BCUT2D eigenvalue weighted by molar-refractivity contribution is 7.14. The highest BCUT2D eigenvalue weighted by Crippen LogP contribution is 2.20. The Kier molecular flexibility index (Phi) is 2.97. The van der Waals surface area contributed by atoms with E-state index in [1.165, 1.54) is 11.3 Å². The molecular formula is C13H11OS. The van der Waals surface area contributed by atoms with E-state index in [4.69, 9.17) is 0 Å². The van der Waals surface area contributed by atoms with E-state index in [-0.39, 0.29) is 5.78 Å². The fraction of sp³-hybridized carbons (Fsp3) is 0.0769. The van der Waals surface area contributed by atoms with E-state index in [0.717, 1.165) is 15.3 Å². The summed E-state index contributed by atoms with van der Waals surface area (Å²) in [4.78, 5) is 13.9. The van der Waals surface area contributed by atoms with Crippen LogP contribution >= 0.6 is 11.3 Å². The highest BCUT2D eigenvalue weighted by Gasteiger charge is 2.10. The summed E-state index contributed by atoms with van der Waals surface area (Å²) in [5.41, 5.74) is 0.752. The third kappa shape index (κ3) is 2.16. The van der Waals surface area contributed by atoms with Gasteiger partial charge in [0.25, 0.3) is 0 Å². The average molecular weight is 215 g/mol. The Morgan fingerprint density at radius 2 is 1.87 bits per heavy atom. The molecule has 2 heteroatoms. The van der Waals surface area contributed by atoms with E-state index in [9.17, 15) is 4.79 Å². The minimum absolute atomic E-state index is 0.105. The molecule has 0 saturated heterocycles. The molecule has 1 aromatic heterocycles. The van der Waals surface area contributed by atoms with E-state index in [2.05, 4.69) is 0 Å². The van der Waals surface area contributed by atoms with Crippen molar-refractivity contribution in [3.05, 3.63) is 64.2 Å². The van der Waals surface area contributed by atoms with Crippen molar-refractivity contribution >= 4 is 17.1 Å². The Morgan fingerprint density at radius 1 is 1.13 bits per heavy atom. The van der Waals surface area contributed by atoms with Crippen LogP contribution in [0.2, 0.25) is 0 Å². The first kappa shape index (κ1) is 10.1. The molecule has 0 spiro atoms. The zero-order valence-electron chi connectivity index (χ0n) is 8.44. The predicted octanol–water partition coefficient (Wildman–Crippen LogP) is 3.55. The average Bonchev–Trinajstić information content (AvgIpc) is 2.78. The van der Waals surface area contributed by atoms with Gasteiger partial charge in [0.05, 0.1) is 4.88 Å². The molecule has 0 N–H and O–H groups in total. The summed E-state index contributed by atoms with van der Waals surface area (Å²) in [6, 6.07) is 13.2. The lowest BCUT2D eigenvalue weighted by atomic mass is 10.1. The third-order valence-electron chi connectivity index (χ3n) is 2.17. The Balaban J connectivity index is 2.29. The van der Waals surface area contributed by atoms with Crippen LogP contribution in [0.1, 0.15) is 27.0 Å². The number of benzene rings is 1. The normalized spacial score (nSPS) is 10.2. The molecular weight excluding hydrogens is 204 g/mol. The molecule has 0 unspecified atom stereocenters. The van der Waals surface area contributed by atoms with Crippen LogP contribution in [0.4, 0.5) is 0 Å². The van der Waals surface area contributed by atoms with E-state index in [0.29, 0.717) is 0 Å².